The third-order valence-electron chi connectivity index (χ3n) is 4.44. The number of halogens is 5. The smallest absolute Gasteiger partial charge is 0.337 e. The molecule has 1 aliphatic rings. The fourth-order valence-electron chi connectivity index (χ4n) is 2.74. The number of alkyl halides is 3. The van der Waals surface area contributed by atoms with Gasteiger partial charge < -0.3 is 10.6 Å². The van der Waals surface area contributed by atoms with Gasteiger partial charge in [-0.2, -0.15) is 13.2 Å². The number of nitrogens with one attached hydrogen (secondary N) is 2. The normalized spacial score (nSPS) is 15.4. The summed E-state index contributed by atoms with van der Waals surface area (Å²) in [5.74, 6) is -0.338. The Hall–Kier alpha value is -2.28. The van der Waals surface area contributed by atoms with Gasteiger partial charge >= 0.3 is 12.2 Å². The Morgan fingerprint density at radius 3 is 2.35 bits per heavy atom. The molecule has 0 heterocycles. The molecular formula is C18H15ClF4N2O. The zero-order valence-electron chi connectivity index (χ0n) is 13.5. The van der Waals surface area contributed by atoms with E-state index in [4.69, 9.17) is 11.6 Å². The Morgan fingerprint density at radius 2 is 1.77 bits per heavy atom. The van der Waals surface area contributed by atoms with Crippen molar-refractivity contribution in [1.82, 2.24) is 5.32 Å². The fraction of sp³-hybridized carbons (Fsp3) is 0.278. The van der Waals surface area contributed by atoms with Crippen LogP contribution in [-0.4, -0.2) is 12.6 Å². The van der Waals surface area contributed by atoms with Crippen molar-refractivity contribution < 1.29 is 22.4 Å². The molecular weight excluding hydrogens is 372 g/mol. The lowest BCUT2D eigenvalue weighted by Crippen LogP contribution is -2.35. The van der Waals surface area contributed by atoms with E-state index in [1.165, 1.54) is 12.1 Å². The van der Waals surface area contributed by atoms with E-state index in [0.29, 0.717) is 6.54 Å². The number of rotatable bonds is 4. The first kappa shape index (κ1) is 18.5. The van der Waals surface area contributed by atoms with Crippen LogP contribution >= 0.6 is 11.6 Å². The van der Waals surface area contributed by atoms with Gasteiger partial charge in [0.05, 0.1) is 16.3 Å². The molecule has 8 heteroatoms. The zero-order valence-corrected chi connectivity index (χ0v) is 14.2. The Kier molecular flexibility index (Phi) is 4.84. The van der Waals surface area contributed by atoms with E-state index in [9.17, 15) is 22.4 Å². The second-order valence-corrected chi connectivity index (χ2v) is 6.69. The average molecular weight is 387 g/mol. The molecule has 1 aliphatic carbocycles. The van der Waals surface area contributed by atoms with Gasteiger partial charge in [-0.15, -0.1) is 0 Å². The lowest BCUT2D eigenvalue weighted by atomic mass is 9.96. The molecule has 0 aromatic heterocycles. The fourth-order valence-corrected chi connectivity index (χ4v) is 2.90. The summed E-state index contributed by atoms with van der Waals surface area (Å²) in [7, 11) is 0. The molecule has 0 atom stereocenters. The molecule has 2 aromatic rings. The van der Waals surface area contributed by atoms with Crippen LogP contribution in [-0.2, 0) is 11.6 Å². The molecule has 1 saturated carbocycles. The predicted molar refractivity (Wildman–Crippen MR) is 90.8 cm³/mol. The van der Waals surface area contributed by atoms with Crippen LogP contribution in [0.1, 0.15) is 24.0 Å². The summed E-state index contributed by atoms with van der Waals surface area (Å²) >= 11 is 5.86. The van der Waals surface area contributed by atoms with E-state index in [0.717, 1.165) is 36.6 Å². The number of urea groups is 1. The van der Waals surface area contributed by atoms with E-state index in [2.05, 4.69) is 10.6 Å². The Morgan fingerprint density at radius 1 is 1.12 bits per heavy atom. The van der Waals surface area contributed by atoms with Gasteiger partial charge in [-0.05, 0) is 48.7 Å². The first-order chi connectivity index (χ1) is 12.2. The molecule has 2 N–H and O–H groups in total. The maximum atomic E-state index is 13.0. The highest BCUT2D eigenvalue weighted by Crippen LogP contribution is 2.47. The van der Waals surface area contributed by atoms with Gasteiger partial charge in [0, 0.05) is 12.0 Å². The number of carbonyl (C=O) groups excluding carboxylic acids is 1. The van der Waals surface area contributed by atoms with Crippen LogP contribution in [0.5, 0.6) is 0 Å². The van der Waals surface area contributed by atoms with Gasteiger partial charge in [-0.1, -0.05) is 23.7 Å². The molecule has 1 fully saturated rings. The summed E-state index contributed by atoms with van der Waals surface area (Å²) in [5, 5.41) is 5.00. The molecule has 3 rings (SSSR count). The maximum Gasteiger partial charge on any atom is 0.416 e. The summed E-state index contributed by atoms with van der Waals surface area (Å²) < 4.78 is 51.3. The van der Waals surface area contributed by atoms with Crippen LogP contribution in [0.15, 0.2) is 42.5 Å². The Labute approximate surface area is 152 Å². The lowest BCUT2D eigenvalue weighted by Gasteiger charge is -2.17. The molecule has 138 valence electrons. The van der Waals surface area contributed by atoms with Crippen LogP contribution in [0.25, 0.3) is 0 Å². The highest BCUT2D eigenvalue weighted by atomic mass is 35.5. The highest BCUT2D eigenvalue weighted by Gasteiger charge is 2.44. The van der Waals surface area contributed by atoms with E-state index in [1.807, 2.05) is 0 Å². The van der Waals surface area contributed by atoms with E-state index in [-0.39, 0.29) is 21.9 Å². The van der Waals surface area contributed by atoms with Gasteiger partial charge in [-0.3, -0.25) is 0 Å². The van der Waals surface area contributed by atoms with Crippen molar-refractivity contribution in [3.63, 3.8) is 0 Å². The minimum atomic E-state index is -4.53. The van der Waals surface area contributed by atoms with Crippen LogP contribution < -0.4 is 10.6 Å². The summed E-state index contributed by atoms with van der Waals surface area (Å²) in [6.07, 6.45) is -2.86. The maximum absolute atomic E-state index is 13.0. The SMILES string of the molecule is O=C(NCC1(c2ccc(F)cc2)CC1)Nc1cc(C(F)(F)F)ccc1Cl. The standard InChI is InChI=1S/C18H15ClF4N2O/c19-14-6-3-12(18(21,22)23)9-15(14)25-16(26)24-10-17(7-8-17)11-1-4-13(20)5-2-11/h1-6,9H,7-8,10H2,(H2,24,25,26). The van der Waals surface area contributed by atoms with Crippen LogP contribution in [0.4, 0.5) is 28.0 Å². The van der Waals surface area contributed by atoms with Gasteiger partial charge in [0.25, 0.3) is 0 Å². The van der Waals surface area contributed by atoms with Crippen LogP contribution in [0.2, 0.25) is 5.02 Å². The highest BCUT2D eigenvalue weighted by molar-refractivity contribution is 6.33. The number of anilines is 1. The van der Waals surface area contributed by atoms with Crippen LogP contribution in [0, 0.1) is 5.82 Å². The second kappa shape index (κ2) is 6.79. The van der Waals surface area contributed by atoms with Crippen molar-refractivity contribution in [3.05, 3.63) is 64.4 Å². The third-order valence-corrected chi connectivity index (χ3v) is 4.77. The van der Waals surface area contributed by atoms with Gasteiger partial charge in [0.1, 0.15) is 5.82 Å². The van der Waals surface area contributed by atoms with Gasteiger partial charge in [0.15, 0.2) is 0 Å². The molecule has 0 bridgehead atoms. The molecule has 2 aromatic carbocycles. The molecule has 0 radical (unpaired) electrons. The van der Waals surface area contributed by atoms with Crippen molar-refractivity contribution in [2.45, 2.75) is 24.4 Å². The van der Waals surface area contributed by atoms with Crippen LogP contribution in [0.3, 0.4) is 0 Å². The Bertz CT molecular complexity index is 817. The largest absolute Gasteiger partial charge is 0.416 e. The molecule has 2 amide bonds. The number of hydrogen-bond donors (Lipinski definition) is 2. The number of amides is 2. The molecule has 0 saturated heterocycles. The van der Waals surface area contributed by atoms with E-state index in [1.54, 1.807) is 12.1 Å². The summed E-state index contributed by atoms with van der Waals surface area (Å²) in [4.78, 5) is 12.1. The third kappa shape index (κ3) is 4.09. The van der Waals surface area contributed by atoms with Gasteiger partial charge in [0.2, 0.25) is 0 Å². The average Bonchev–Trinajstić information content (AvgIpc) is 3.36. The van der Waals surface area contributed by atoms with Gasteiger partial charge in [-0.25, -0.2) is 9.18 Å². The number of hydrogen-bond acceptors (Lipinski definition) is 1. The molecule has 3 nitrogen and oxygen atoms in total. The first-order valence-corrected chi connectivity index (χ1v) is 8.25. The summed E-state index contributed by atoms with van der Waals surface area (Å²) in [6, 6.07) is 8.13. The van der Waals surface area contributed by atoms with Crippen molar-refractivity contribution in [2.75, 3.05) is 11.9 Å². The molecule has 0 aliphatic heterocycles. The number of carbonyl (C=O) groups is 1. The Balaban J connectivity index is 1.64. The lowest BCUT2D eigenvalue weighted by molar-refractivity contribution is -0.137. The van der Waals surface area contributed by atoms with E-state index >= 15 is 0 Å². The van der Waals surface area contributed by atoms with Crippen molar-refractivity contribution in [2.24, 2.45) is 0 Å². The van der Waals surface area contributed by atoms with Crippen molar-refractivity contribution in [3.8, 4) is 0 Å². The topological polar surface area (TPSA) is 41.1 Å². The van der Waals surface area contributed by atoms with Crippen molar-refractivity contribution in [1.29, 1.82) is 0 Å². The monoisotopic (exact) mass is 386 g/mol. The zero-order chi connectivity index (χ0) is 18.9. The predicted octanol–water partition coefficient (Wildman–Crippen LogP) is 5.35. The second-order valence-electron chi connectivity index (χ2n) is 6.29. The minimum absolute atomic E-state index is 0.00724. The molecule has 0 unspecified atom stereocenters. The molecule has 0 spiro atoms. The van der Waals surface area contributed by atoms with E-state index < -0.39 is 17.8 Å². The van der Waals surface area contributed by atoms with Crippen molar-refractivity contribution >= 4 is 23.3 Å². The minimum Gasteiger partial charge on any atom is -0.337 e. The summed E-state index contributed by atoms with van der Waals surface area (Å²) in [5.41, 5.74) is -0.369. The summed E-state index contributed by atoms with van der Waals surface area (Å²) in [6.45, 7) is 0.293. The quantitative estimate of drug-likeness (QED) is 0.683. The number of benzene rings is 2. The first-order valence-electron chi connectivity index (χ1n) is 7.87. The molecule has 26 heavy (non-hydrogen) atoms.